The molecule has 0 aliphatic carbocycles. The zero-order valence-corrected chi connectivity index (χ0v) is 11.6. The summed E-state index contributed by atoms with van der Waals surface area (Å²) in [7, 11) is 1.86. The van der Waals surface area contributed by atoms with Crippen molar-refractivity contribution in [3.8, 4) is 11.1 Å². The molecule has 1 N–H and O–H groups in total. The fraction of sp³-hybridized carbons (Fsp3) is 0.286. The van der Waals surface area contributed by atoms with E-state index in [2.05, 4.69) is 12.0 Å². The molecule has 100 valence electrons. The molecule has 4 nitrogen and oxygen atoms in total. The highest BCUT2D eigenvalue weighted by molar-refractivity contribution is 6.33. The fourth-order valence-electron chi connectivity index (χ4n) is 2.05. The molecule has 0 bridgehead atoms. The summed E-state index contributed by atoms with van der Waals surface area (Å²) in [5.74, 6) is -0.978. The Morgan fingerprint density at radius 2 is 2.16 bits per heavy atom. The highest BCUT2D eigenvalue weighted by Crippen LogP contribution is 2.31. The number of carboxylic acids is 1. The molecule has 0 fully saturated rings. The molecular weight excluding hydrogens is 264 g/mol. The van der Waals surface area contributed by atoms with Crippen LogP contribution >= 0.6 is 11.6 Å². The van der Waals surface area contributed by atoms with Gasteiger partial charge in [0.05, 0.1) is 11.3 Å². The van der Waals surface area contributed by atoms with Crippen LogP contribution in [0.3, 0.4) is 0 Å². The molecule has 0 aliphatic heterocycles. The Balaban J connectivity index is 2.50. The Morgan fingerprint density at radius 3 is 2.74 bits per heavy atom. The van der Waals surface area contributed by atoms with Crippen molar-refractivity contribution in [1.29, 1.82) is 0 Å². The van der Waals surface area contributed by atoms with Gasteiger partial charge in [0.25, 0.3) is 0 Å². The minimum absolute atomic E-state index is 0.190. The minimum atomic E-state index is -0.978. The molecule has 1 aromatic carbocycles. The van der Waals surface area contributed by atoms with Crippen molar-refractivity contribution in [2.45, 2.75) is 19.8 Å². The van der Waals surface area contributed by atoms with Gasteiger partial charge in [-0.1, -0.05) is 31.0 Å². The van der Waals surface area contributed by atoms with E-state index in [1.165, 1.54) is 6.07 Å². The summed E-state index contributed by atoms with van der Waals surface area (Å²) in [5, 5.41) is 13.8. The smallest absolute Gasteiger partial charge is 0.335 e. The number of nitrogens with zero attached hydrogens (tertiary/aromatic N) is 2. The summed E-state index contributed by atoms with van der Waals surface area (Å²) >= 11 is 6.19. The quantitative estimate of drug-likeness (QED) is 0.933. The van der Waals surface area contributed by atoms with Crippen molar-refractivity contribution < 1.29 is 9.90 Å². The van der Waals surface area contributed by atoms with E-state index >= 15 is 0 Å². The van der Waals surface area contributed by atoms with Crippen LogP contribution in [0.2, 0.25) is 5.02 Å². The normalized spacial score (nSPS) is 10.7. The summed E-state index contributed by atoms with van der Waals surface area (Å²) in [6, 6.07) is 4.77. The zero-order valence-electron chi connectivity index (χ0n) is 10.9. The number of hydrogen-bond donors (Lipinski definition) is 1. The number of aromatic carboxylic acids is 1. The van der Waals surface area contributed by atoms with Gasteiger partial charge >= 0.3 is 5.97 Å². The third-order valence-corrected chi connectivity index (χ3v) is 3.21. The number of rotatable bonds is 4. The van der Waals surface area contributed by atoms with Gasteiger partial charge in [-0.05, 0) is 18.6 Å². The van der Waals surface area contributed by atoms with Crippen LogP contribution < -0.4 is 0 Å². The first kappa shape index (κ1) is 13.6. The molecule has 5 heteroatoms. The maximum atomic E-state index is 10.9. The van der Waals surface area contributed by atoms with Crippen molar-refractivity contribution in [3.05, 3.63) is 40.7 Å². The molecule has 0 unspecified atom stereocenters. The largest absolute Gasteiger partial charge is 0.478 e. The van der Waals surface area contributed by atoms with Crippen molar-refractivity contribution >= 4 is 17.6 Å². The number of hydrogen-bond acceptors (Lipinski definition) is 2. The average Bonchev–Trinajstić information content (AvgIpc) is 2.70. The lowest BCUT2D eigenvalue weighted by atomic mass is 10.0. The van der Waals surface area contributed by atoms with Gasteiger partial charge < -0.3 is 5.11 Å². The van der Waals surface area contributed by atoms with Gasteiger partial charge in [-0.25, -0.2) is 4.79 Å². The van der Waals surface area contributed by atoms with Crippen LogP contribution in [0, 0.1) is 0 Å². The molecule has 0 spiro atoms. The second-order valence-electron chi connectivity index (χ2n) is 4.41. The van der Waals surface area contributed by atoms with Gasteiger partial charge in [0, 0.05) is 29.4 Å². The van der Waals surface area contributed by atoms with Crippen LogP contribution in [0.4, 0.5) is 0 Å². The molecule has 0 radical (unpaired) electrons. The molecule has 0 saturated carbocycles. The zero-order chi connectivity index (χ0) is 14.0. The van der Waals surface area contributed by atoms with Crippen molar-refractivity contribution in [1.82, 2.24) is 9.78 Å². The molecule has 0 amide bonds. The van der Waals surface area contributed by atoms with Crippen LogP contribution in [0.15, 0.2) is 24.4 Å². The summed E-state index contributed by atoms with van der Waals surface area (Å²) in [5.41, 5.74) is 2.96. The molecule has 1 aromatic heterocycles. The van der Waals surface area contributed by atoms with E-state index in [1.54, 1.807) is 16.8 Å². The lowest BCUT2D eigenvalue weighted by molar-refractivity contribution is 0.0697. The average molecular weight is 279 g/mol. The number of aromatic nitrogens is 2. The fourth-order valence-corrected chi connectivity index (χ4v) is 2.33. The number of benzene rings is 1. The molecule has 0 aliphatic rings. The van der Waals surface area contributed by atoms with E-state index < -0.39 is 5.97 Å². The molecule has 2 rings (SSSR count). The molecular formula is C14H15ClN2O2. The second-order valence-corrected chi connectivity index (χ2v) is 4.82. The summed E-state index contributed by atoms with van der Waals surface area (Å²) in [6.07, 6.45) is 3.77. The Kier molecular flexibility index (Phi) is 3.90. The summed E-state index contributed by atoms with van der Waals surface area (Å²) in [6.45, 7) is 2.09. The predicted molar refractivity (Wildman–Crippen MR) is 74.6 cm³/mol. The molecule has 0 atom stereocenters. The van der Waals surface area contributed by atoms with Crippen LogP contribution in [0.25, 0.3) is 11.1 Å². The van der Waals surface area contributed by atoms with Gasteiger partial charge in [-0.15, -0.1) is 0 Å². The number of carbonyl (C=O) groups is 1. The lowest BCUT2D eigenvalue weighted by Gasteiger charge is -2.05. The number of carboxylic acid groups (broad SMARTS) is 1. The number of halogens is 1. The standard InChI is InChI=1S/C14H15ClN2O2/c1-3-4-13-11(8-17(2)16-13)10-6-5-9(14(18)19)7-12(10)15/h5-8H,3-4H2,1-2H3,(H,18,19). The SMILES string of the molecule is CCCc1nn(C)cc1-c1ccc(C(=O)O)cc1Cl. The highest BCUT2D eigenvalue weighted by atomic mass is 35.5. The molecule has 19 heavy (non-hydrogen) atoms. The van der Waals surface area contributed by atoms with Crippen molar-refractivity contribution in [2.24, 2.45) is 7.05 Å². The molecule has 0 saturated heterocycles. The van der Waals surface area contributed by atoms with E-state index in [-0.39, 0.29) is 5.56 Å². The van der Waals surface area contributed by atoms with Crippen LogP contribution in [0.1, 0.15) is 29.4 Å². The van der Waals surface area contributed by atoms with Gasteiger partial charge in [0.1, 0.15) is 0 Å². The van der Waals surface area contributed by atoms with E-state index in [4.69, 9.17) is 16.7 Å². The van der Waals surface area contributed by atoms with E-state index in [1.807, 2.05) is 13.2 Å². The Hall–Kier alpha value is -1.81. The highest BCUT2D eigenvalue weighted by Gasteiger charge is 2.14. The van der Waals surface area contributed by atoms with E-state index in [9.17, 15) is 4.79 Å². The van der Waals surface area contributed by atoms with Crippen molar-refractivity contribution in [3.63, 3.8) is 0 Å². The van der Waals surface area contributed by atoms with E-state index in [0.717, 1.165) is 29.7 Å². The Bertz CT molecular complexity index is 620. The molecule has 1 heterocycles. The first-order chi connectivity index (χ1) is 9.02. The van der Waals surface area contributed by atoms with Gasteiger partial charge in [-0.3, -0.25) is 4.68 Å². The van der Waals surface area contributed by atoms with E-state index in [0.29, 0.717) is 5.02 Å². The number of aryl methyl sites for hydroxylation is 2. The van der Waals surface area contributed by atoms with Gasteiger partial charge in [-0.2, -0.15) is 5.10 Å². The summed E-state index contributed by atoms with van der Waals surface area (Å²) in [4.78, 5) is 10.9. The van der Waals surface area contributed by atoms with Crippen molar-refractivity contribution in [2.75, 3.05) is 0 Å². The first-order valence-corrected chi connectivity index (χ1v) is 6.46. The Morgan fingerprint density at radius 1 is 1.42 bits per heavy atom. The summed E-state index contributed by atoms with van der Waals surface area (Å²) < 4.78 is 1.75. The maximum absolute atomic E-state index is 10.9. The maximum Gasteiger partial charge on any atom is 0.335 e. The third-order valence-electron chi connectivity index (χ3n) is 2.90. The van der Waals surface area contributed by atoms with Crippen LogP contribution in [-0.4, -0.2) is 20.9 Å². The molecule has 2 aromatic rings. The van der Waals surface area contributed by atoms with Gasteiger partial charge in [0.2, 0.25) is 0 Å². The first-order valence-electron chi connectivity index (χ1n) is 6.08. The second kappa shape index (κ2) is 5.45. The lowest BCUT2D eigenvalue weighted by Crippen LogP contribution is -1.96. The van der Waals surface area contributed by atoms with Crippen LogP contribution in [0.5, 0.6) is 0 Å². The van der Waals surface area contributed by atoms with Gasteiger partial charge in [0.15, 0.2) is 0 Å². The third kappa shape index (κ3) is 2.79. The Labute approximate surface area is 116 Å². The monoisotopic (exact) mass is 278 g/mol. The topological polar surface area (TPSA) is 55.1 Å². The minimum Gasteiger partial charge on any atom is -0.478 e. The predicted octanol–water partition coefficient (Wildman–Crippen LogP) is 3.39. The van der Waals surface area contributed by atoms with Crippen LogP contribution in [-0.2, 0) is 13.5 Å².